The maximum Gasteiger partial charge on any atom is 0.181 e. The molecule has 1 aromatic rings. The van der Waals surface area contributed by atoms with Crippen LogP contribution in [0.25, 0.3) is 0 Å². The van der Waals surface area contributed by atoms with Gasteiger partial charge in [0, 0.05) is 25.0 Å². The van der Waals surface area contributed by atoms with Crippen LogP contribution in [0, 0.1) is 24.1 Å². The minimum Gasteiger partial charge on any atom is -0.222 e. The third-order valence-electron chi connectivity index (χ3n) is 4.68. The molecule has 0 N–H and O–H groups in total. The maximum absolute atomic E-state index is 8.49. The minimum atomic E-state index is -4.94. The van der Waals surface area contributed by atoms with Crippen LogP contribution in [0.15, 0.2) is 6.07 Å². The van der Waals surface area contributed by atoms with Crippen molar-refractivity contribution in [2.75, 3.05) is 0 Å². The fourth-order valence-electron chi connectivity index (χ4n) is 3.12. The first-order valence-electron chi connectivity index (χ1n) is 8.30. The highest BCUT2D eigenvalue weighted by atomic mass is 35.7. The van der Waals surface area contributed by atoms with Crippen molar-refractivity contribution in [1.29, 1.82) is 0 Å². The van der Waals surface area contributed by atoms with E-state index in [1.165, 1.54) is 69.2 Å². The number of rotatable bonds is 0. The lowest BCUT2D eigenvalue weighted by Gasteiger charge is -2.17. The molecule has 0 unspecified atom stereocenters. The van der Waals surface area contributed by atoms with Crippen LogP contribution in [0.2, 0.25) is 0 Å². The highest BCUT2D eigenvalue weighted by molar-refractivity contribution is 5.25. The molecule has 0 amide bonds. The minimum absolute atomic E-state index is 1.27. The quantitative estimate of drug-likeness (QED) is 0.575. The maximum atomic E-state index is 8.49. The second-order valence-corrected chi connectivity index (χ2v) is 7.03. The van der Waals surface area contributed by atoms with E-state index >= 15 is 0 Å². The Labute approximate surface area is 141 Å². The molecule has 23 heavy (non-hydrogen) atoms. The normalized spacial score (nSPS) is 16.7. The molecule has 1 aliphatic carbocycles. The van der Waals surface area contributed by atoms with Gasteiger partial charge in [0.05, 0.1) is 0 Å². The summed E-state index contributed by atoms with van der Waals surface area (Å²) in [5.74, 6) is 0. The van der Waals surface area contributed by atoms with Crippen molar-refractivity contribution >= 4 is 0 Å². The SMILES string of the molecule is Cc1c2cc(c(C)[n+]1C)CCCCCCCCC2.[O-][Cl+3]([O-])([O-])[O-]. The van der Waals surface area contributed by atoms with Crippen molar-refractivity contribution in [3.05, 3.63) is 28.6 Å². The average molecular weight is 346 g/mol. The predicted molar refractivity (Wildman–Crippen MR) is 76.8 cm³/mol. The Morgan fingerprint density at radius 1 is 0.739 bits per heavy atom. The van der Waals surface area contributed by atoms with E-state index in [1.54, 1.807) is 11.1 Å². The summed E-state index contributed by atoms with van der Waals surface area (Å²) in [6, 6.07) is 2.49. The number of hydrogen-bond acceptors (Lipinski definition) is 4. The average Bonchev–Trinajstić information content (AvgIpc) is 2.43. The molecule has 0 radical (unpaired) electrons. The van der Waals surface area contributed by atoms with Gasteiger partial charge in [0.2, 0.25) is 0 Å². The topological polar surface area (TPSA) is 96.1 Å². The van der Waals surface area contributed by atoms with Crippen LogP contribution in [0.3, 0.4) is 0 Å². The Morgan fingerprint density at radius 3 is 1.39 bits per heavy atom. The third-order valence-corrected chi connectivity index (χ3v) is 4.68. The molecule has 0 saturated heterocycles. The highest BCUT2D eigenvalue weighted by Gasteiger charge is 2.16. The van der Waals surface area contributed by atoms with E-state index in [0.29, 0.717) is 0 Å². The van der Waals surface area contributed by atoms with Gasteiger partial charge in [-0.15, -0.1) is 10.2 Å². The van der Waals surface area contributed by atoms with Crippen LogP contribution >= 0.6 is 0 Å². The Hall–Kier alpha value is -0.720. The second kappa shape index (κ2) is 9.55. The van der Waals surface area contributed by atoms with E-state index in [0.717, 1.165) is 0 Å². The first-order chi connectivity index (χ1) is 10.7. The van der Waals surface area contributed by atoms with E-state index in [1.807, 2.05) is 0 Å². The monoisotopic (exact) mass is 345 g/mol. The summed E-state index contributed by atoms with van der Waals surface area (Å²) in [4.78, 5) is 0. The molecule has 1 aromatic heterocycles. The number of aromatic nitrogens is 1. The third kappa shape index (κ3) is 8.08. The number of halogens is 1. The van der Waals surface area contributed by atoms with Crippen molar-refractivity contribution in [2.24, 2.45) is 7.05 Å². The van der Waals surface area contributed by atoms with Crippen LogP contribution in [-0.2, 0) is 19.9 Å². The number of aryl methyl sites for hydroxylation is 2. The largest absolute Gasteiger partial charge is 0.222 e. The molecule has 0 aliphatic heterocycles. The fraction of sp³-hybridized carbons (Fsp3) is 0.706. The Balaban J connectivity index is 0.000000463. The van der Waals surface area contributed by atoms with E-state index in [9.17, 15) is 0 Å². The highest BCUT2D eigenvalue weighted by Crippen LogP contribution is 2.19. The first-order valence-corrected chi connectivity index (χ1v) is 9.53. The zero-order valence-electron chi connectivity index (χ0n) is 14.4. The summed E-state index contributed by atoms with van der Waals surface area (Å²) in [5.41, 5.74) is 6.10. The molecule has 1 heterocycles. The van der Waals surface area contributed by atoms with Crippen molar-refractivity contribution in [3.8, 4) is 0 Å². The Bertz CT molecular complexity index is 460. The van der Waals surface area contributed by atoms with Crippen LogP contribution in [0.4, 0.5) is 0 Å². The van der Waals surface area contributed by atoms with Gasteiger partial charge in [-0.05, 0) is 31.7 Å². The molecule has 0 aromatic carbocycles. The molecule has 0 fully saturated rings. The van der Waals surface area contributed by atoms with Crippen LogP contribution in [-0.4, -0.2) is 0 Å². The van der Waals surface area contributed by atoms with Crippen molar-refractivity contribution in [2.45, 2.75) is 71.6 Å². The van der Waals surface area contributed by atoms with Crippen LogP contribution in [0.5, 0.6) is 0 Å². The summed E-state index contributed by atoms with van der Waals surface area (Å²) in [5, 5.41) is 0. The van der Waals surface area contributed by atoms with Crippen LogP contribution in [0.1, 0.15) is 67.5 Å². The van der Waals surface area contributed by atoms with Gasteiger partial charge >= 0.3 is 0 Å². The number of pyridine rings is 1. The van der Waals surface area contributed by atoms with Crippen molar-refractivity contribution in [1.82, 2.24) is 0 Å². The molecule has 0 atom stereocenters. The number of fused-ring (bicyclic) bond motifs is 2. The van der Waals surface area contributed by atoms with Crippen molar-refractivity contribution < 1.29 is 33.4 Å². The van der Waals surface area contributed by atoms with E-state index < -0.39 is 10.2 Å². The van der Waals surface area contributed by atoms with Gasteiger partial charge in [-0.3, -0.25) is 0 Å². The molecular weight excluding hydrogens is 318 g/mol. The van der Waals surface area contributed by atoms with Gasteiger partial charge in [0.25, 0.3) is 0 Å². The standard InChI is InChI=1S/C17H28N.ClHO4/c1-14-16-11-9-7-5-4-6-8-10-12-17(13-16)15(2)18(14)3;2-1(3,4)5/h13H,4-12H2,1-3H3;(H,2,3,4,5)/q+1;/p-1. The van der Waals surface area contributed by atoms with Crippen molar-refractivity contribution in [3.63, 3.8) is 0 Å². The molecule has 132 valence electrons. The van der Waals surface area contributed by atoms with E-state index in [4.69, 9.17) is 18.6 Å². The zero-order valence-corrected chi connectivity index (χ0v) is 15.2. The lowest BCUT2D eigenvalue weighted by Crippen LogP contribution is -2.68. The van der Waals surface area contributed by atoms with Gasteiger partial charge in [-0.25, -0.2) is 23.2 Å². The fourth-order valence-corrected chi connectivity index (χ4v) is 3.12. The predicted octanol–water partition coefficient (Wildman–Crippen LogP) is -0.799. The first kappa shape index (κ1) is 20.3. The second-order valence-electron chi connectivity index (χ2n) is 6.28. The molecule has 0 spiro atoms. The lowest BCUT2D eigenvalue weighted by molar-refractivity contribution is -2.00. The van der Waals surface area contributed by atoms with E-state index in [2.05, 4.69) is 31.5 Å². The summed E-state index contributed by atoms with van der Waals surface area (Å²) in [6.07, 6.45) is 12.4. The van der Waals surface area contributed by atoms with E-state index in [-0.39, 0.29) is 0 Å². The smallest absolute Gasteiger partial charge is 0.181 e. The molecule has 2 bridgehead atoms. The zero-order chi connectivity index (χ0) is 17.5. The summed E-state index contributed by atoms with van der Waals surface area (Å²) in [6.45, 7) is 4.55. The molecule has 6 heteroatoms. The van der Waals surface area contributed by atoms with Gasteiger partial charge in [-0.1, -0.05) is 32.1 Å². The molecule has 0 saturated carbocycles. The molecule has 2 rings (SSSR count). The Kier molecular flexibility index (Phi) is 8.44. The van der Waals surface area contributed by atoms with Gasteiger partial charge < -0.3 is 0 Å². The molecule has 1 aliphatic rings. The van der Waals surface area contributed by atoms with Crippen LogP contribution < -0.4 is 23.2 Å². The lowest BCUT2D eigenvalue weighted by atomic mass is 9.96. The van der Waals surface area contributed by atoms with Gasteiger partial charge in [0.1, 0.15) is 7.05 Å². The van der Waals surface area contributed by atoms with Gasteiger partial charge in [0.15, 0.2) is 11.4 Å². The molecular formula is C17H28ClNO4. The summed E-state index contributed by atoms with van der Waals surface area (Å²) >= 11 is 0. The number of hydrogen-bond donors (Lipinski definition) is 0. The number of nitrogens with zero attached hydrogens (tertiary/aromatic N) is 1. The summed E-state index contributed by atoms with van der Waals surface area (Å²) < 4.78 is 36.4. The molecule has 5 nitrogen and oxygen atoms in total. The summed E-state index contributed by atoms with van der Waals surface area (Å²) in [7, 11) is -2.72. The Morgan fingerprint density at radius 2 is 1.04 bits per heavy atom. The van der Waals surface area contributed by atoms with Gasteiger partial charge in [-0.2, -0.15) is 0 Å².